The molecule has 0 atom stereocenters. The van der Waals surface area contributed by atoms with Crippen LogP contribution < -0.4 is 16.2 Å². The van der Waals surface area contributed by atoms with Gasteiger partial charge in [-0.3, -0.25) is 10.7 Å². The summed E-state index contributed by atoms with van der Waals surface area (Å²) in [5, 5.41) is 17.9. The lowest BCUT2D eigenvalue weighted by Gasteiger charge is -1.97. The number of carboxylic acid groups (broad SMARTS) is 1. The summed E-state index contributed by atoms with van der Waals surface area (Å²) in [6.45, 7) is 3.54. The summed E-state index contributed by atoms with van der Waals surface area (Å²) in [5.41, 5.74) is 1.91. The second-order valence-corrected chi connectivity index (χ2v) is 3.11. The molecule has 0 saturated heterocycles. The molecule has 0 aliphatic heterocycles. The van der Waals surface area contributed by atoms with Crippen molar-refractivity contribution in [3.05, 3.63) is 27.3 Å². The van der Waals surface area contributed by atoms with Crippen LogP contribution in [0.2, 0.25) is 0 Å². The Morgan fingerprint density at radius 3 is 2.86 bits per heavy atom. The van der Waals surface area contributed by atoms with Crippen LogP contribution in [0.15, 0.2) is 6.07 Å². The van der Waals surface area contributed by atoms with E-state index in [1.807, 2.05) is 5.48 Å². The van der Waals surface area contributed by atoms with Gasteiger partial charge in [-0.05, 0) is 6.07 Å². The van der Waals surface area contributed by atoms with E-state index in [0.717, 1.165) is 0 Å². The van der Waals surface area contributed by atoms with E-state index in [9.17, 15) is 4.79 Å². The largest absolute Gasteiger partial charge is 0.478 e. The van der Waals surface area contributed by atoms with Gasteiger partial charge in [-0.15, -0.1) is 8.86 Å². The number of hydrogen-bond acceptors (Lipinski definition) is 3. The number of aromatic amines is 1. The molecule has 0 fully saturated rings. The standard InChI is InChI=1S/C8H9N2O3P/c1-4-5(8(11)12)2-7(14)6(10-4)3-9-13/h2-3,9-10,13-14H,1H2,(H,11,12). The Labute approximate surface area is 81.2 Å². The number of hydrogen-bond donors (Lipinski definition) is 4. The van der Waals surface area contributed by atoms with Gasteiger partial charge in [0.1, 0.15) is 0 Å². The van der Waals surface area contributed by atoms with E-state index in [1.54, 1.807) is 0 Å². The summed E-state index contributed by atoms with van der Waals surface area (Å²) in [6, 6.07) is 1.40. The summed E-state index contributed by atoms with van der Waals surface area (Å²) in [5.74, 6) is -1.06. The van der Waals surface area contributed by atoms with Gasteiger partial charge >= 0.3 is 5.97 Å². The molecule has 0 bridgehead atoms. The Kier molecular flexibility index (Phi) is 3.06. The number of rotatable bonds is 2. The highest BCUT2D eigenvalue weighted by Crippen LogP contribution is 1.89. The summed E-state index contributed by atoms with van der Waals surface area (Å²) in [6.07, 6.45) is 1.27. The van der Waals surface area contributed by atoms with E-state index in [0.29, 0.717) is 10.3 Å². The SMILES string of the molecule is C=c1[nH]c(=CNO)c(=P)cc1C(=O)O. The van der Waals surface area contributed by atoms with Gasteiger partial charge in [0, 0.05) is 16.5 Å². The monoisotopic (exact) mass is 212 g/mol. The smallest absolute Gasteiger partial charge is 0.337 e. The van der Waals surface area contributed by atoms with Gasteiger partial charge in [0.15, 0.2) is 0 Å². The van der Waals surface area contributed by atoms with Crippen molar-refractivity contribution in [1.29, 1.82) is 0 Å². The molecule has 1 aromatic rings. The third-order valence-electron chi connectivity index (χ3n) is 1.63. The fourth-order valence-electron chi connectivity index (χ4n) is 0.976. The van der Waals surface area contributed by atoms with Crippen LogP contribution in [0.1, 0.15) is 10.4 Å². The van der Waals surface area contributed by atoms with E-state index in [4.69, 9.17) is 10.3 Å². The number of pyridine rings is 1. The predicted octanol–water partition coefficient (Wildman–Crippen LogP) is -0.485. The third kappa shape index (κ3) is 2.02. The first-order valence-corrected chi connectivity index (χ1v) is 4.16. The molecule has 74 valence electrons. The Morgan fingerprint density at radius 1 is 1.71 bits per heavy atom. The van der Waals surface area contributed by atoms with Crippen molar-refractivity contribution in [3.63, 3.8) is 0 Å². The third-order valence-corrected chi connectivity index (χ3v) is 2.04. The maximum atomic E-state index is 10.7. The molecule has 1 rings (SSSR count). The van der Waals surface area contributed by atoms with Crippen LogP contribution in [0.25, 0.3) is 12.8 Å². The minimum atomic E-state index is -1.06. The van der Waals surface area contributed by atoms with Crippen LogP contribution >= 0.6 is 8.86 Å². The maximum Gasteiger partial charge on any atom is 0.337 e. The fourth-order valence-corrected chi connectivity index (χ4v) is 1.25. The zero-order valence-electron chi connectivity index (χ0n) is 7.16. The minimum absolute atomic E-state index is 0.0742. The highest BCUT2D eigenvalue weighted by molar-refractivity contribution is 7.07. The van der Waals surface area contributed by atoms with Crippen molar-refractivity contribution >= 4 is 27.6 Å². The molecule has 0 radical (unpaired) electrons. The number of hydroxylamine groups is 1. The fraction of sp³-hybridized carbons (Fsp3) is 0. The van der Waals surface area contributed by atoms with Gasteiger partial charge in [-0.1, -0.05) is 6.58 Å². The molecule has 0 amide bonds. The second-order valence-electron chi connectivity index (χ2n) is 2.57. The highest BCUT2D eigenvalue weighted by atomic mass is 31.0. The number of carbonyl (C=O) groups is 1. The molecule has 0 aromatic carbocycles. The summed E-state index contributed by atoms with van der Waals surface area (Å²) < 4.78 is 0. The number of carboxylic acids is 1. The normalized spacial score (nSPS) is 11.4. The summed E-state index contributed by atoms with van der Waals surface area (Å²) in [7, 11) is 3.20. The van der Waals surface area contributed by atoms with Gasteiger partial charge in [0.05, 0.1) is 10.9 Å². The number of aromatic carboxylic acids is 1. The van der Waals surface area contributed by atoms with Crippen molar-refractivity contribution in [1.82, 2.24) is 10.5 Å². The number of H-pyrrole nitrogens is 1. The average Bonchev–Trinajstić information content (AvgIpc) is 2.10. The Bertz CT molecular complexity index is 520. The molecular weight excluding hydrogens is 203 g/mol. The molecule has 0 aliphatic rings. The Balaban J connectivity index is 3.56. The Morgan fingerprint density at radius 2 is 2.36 bits per heavy atom. The first-order chi connectivity index (χ1) is 6.56. The van der Waals surface area contributed by atoms with Crippen LogP contribution in [0.4, 0.5) is 0 Å². The quantitative estimate of drug-likeness (QED) is 0.394. The molecule has 14 heavy (non-hydrogen) atoms. The average molecular weight is 212 g/mol. The molecule has 6 heteroatoms. The first-order valence-electron chi connectivity index (χ1n) is 3.66. The molecule has 1 heterocycles. The molecule has 5 nitrogen and oxygen atoms in total. The lowest BCUT2D eigenvalue weighted by molar-refractivity contribution is 0.0695. The molecular formula is C8H9N2O3P. The molecule has 0 saturated carbocycles. The van der Waals surface area contributed by atoms with Gasteiger partial charge in [0.2, 0.25) is 0 Å². The summed E-state index contributed by atoms with van der Waals surface area (Å²) >= 11 is 0. The topological polar surface area (TPSA) is 85.4 Å². The predicted molar refractivity (Wildman–Crippen MR) is 53.5 cm³/mol. The zero-order chi connectivity index (χ0) is 10.7. The van der Waals surface area contributed by atoms with Crippen molar-refractivity contribution < 1.29 is 15.1 Å². The van der Waals surface area contributed by atoms with Crippen LogP contribution in [-0.2, 0) is 0 Å². The molecule has 0 unspecified atom stereocenters. The van der Waals surface area contributed by atoms with E-state index in [-0.39, 0.29) is 10.9 Å². The van der Waals surface area contributed by atoms with Gasteiger partial charge in [-0.2, -0.15) is 0 Å². The van der Waals surface area contributed by atoms with E-state index < -0.39 is 5.97 Å². The van der Waals surface area contributed by atoms with Crippen molar-refractivity contribution in [2.24, 2.45) is 0 Å². The zero-order valence-corrected chi connectivity index (χ0v) is 8.16. The lowest BCUT2D eigenvalue weighted by atomic mass is 10.2. The highest BCUT2D eigenvalue weighted by Gasteiger charge is 2.03. The number of aromatic nitrogens is 1. The molecule has 1 aromatic heterocycles. The van der Waals surface area contributed by atoms with Gasteiger partial charge in [0.25, 0.3) is 0 Å². The van der Waals surface area contributed by atoms with Crippen LogP contribution in [0.5, 0.6) is 0 Å². The first kappa shape index (κ1) is 10.5. The van der Waals surface area contributed by atoms with E-state index in [1.165, 1.54) is 12.3 Å². The van der Waals surface area contributed by atoms with Crippen LogP contribution in [-0.4, -0.2) is 21.3 Å². The Hall–Kier alpha value is -1.58. The van der Waals surface area contributed by atoms with Gasteiger partial charge < -0.3 is 10.1 Å². The lowest BCUT2D eigenvalue weighted by Crippen LogP contribution is -2.27. The van der Waals surface area contributed by atoms with Crippen molar-refractivity contribution in [2.45, 2.75) is 0 Å². The minimum Gasteiger partial charge on any atom is -0.478 e. The van der Waals surface area contributed by atoms with Gasteiger partial charge in [-0.25, -0.2) is 4.79 Å². The van der Waals surface area contributed by atoms with Crippen molar-refractivity contribution in [2.75, 3.05) is 0 Å². The molecule has 0 spiro atoms. The van der Waals surface area contributed by atoms with E-state index in [2.05, 4.69) is 20.4 Å². The van der Waals surface area contributed by atoms with Crippen molar-refractivity contribution in [3.8, 4) is 0 Å². The molecule has 0 aliphatic carbocycles. The second kappa shape index (κ2) is 4.09. The summed E-state index contributed by atoms with van der Waals surface area (Å²) in [4.78, 5) is 13.9. The van der Waals surface area contributed by atoms with Crippen LogP contribution in [0, 0.1) is 4.94 Å². The van der Waals surface area contributed by atoms with Crippen LogP contribution in [0.3, 0.4) is 0 Å². The number of nitrogens with one attached hydrogen (secondary N) is 2. The molecule has 4 N–H and O–H groups in total. The van der Waals surface area contributed by atoms with E-state index >= 15 is 0 Å². The maximum absolute atomic E-state index is 10.7.